The highest BCUT2D eigenvalue weighted by Gasteiger charge is 2.47. The van der Waals surface area contributed by atoms with E-state index >= 15 is 0 Å². The molecular formula is C37H64N2O10. The third-order valence-corrected chi connectivity index (χ3v) is 10.5. The lowest BCUT2D eigenvalue weighted by Gasteiger charge is -2.47. The normalized spacial score (nSPS) is 41.9. The molecule has 2 heterocycles. The topological polar surface area (TPSA) is 147 Å². The van der Waals surface area contributed by atoms with Crippen LogP contribution in [0, 0.1) is 17.8 Å². The minimum atomic E-state index is -1.32. The Kier molecular flexibility index (Phi) is 16.8. The van der Waals surface area contributed by atoms with E-state index in [2.05, 4.69) is 32.8 Å². The van der Waals surface area contributed by atoms with Gasteiger partial charge in [-0.15, -0.1) is 0 Å². The molecule has 12 nitrogen and oxygen atoms in total. The van der Waals surface area contributed by atoms with Crippen LogP contribution in [0.2, 0.25) is 0 Å². The average Bonchev–Trinajstić information content (AvgIpc) is 3.01. The van der Waals surface area contributed by atoms with Crippen LogP contribution >= 0.6 is 0 Å². The summed E-state index contributed by atoms with van der Waals surface area (Å²) in [5, 5.41) is 33.9. The number of likely N-dealkylation sites (N-methyl/N-ethyl adjacent to an activating group) is 1. The Labute approximate surface area is 293 Å². The minimum Gasteiger partial charge on any atom is -0.462 e. The van der Waals surface area contributed by atoms with Gasteiger partial charge in [-0.3, -0.25) is 4.79 Å². The summed E-state index contributed by atoms with van der Waals surface area (Å²) in [6.07, 6.45) is 4.17. The fraction of sp³-hybridized carbons (Fsp3) is 0.838. The molecule has 49 heavy (non-hydrogen) atoms. The molecule has 3 N–H and O–H groups in total. The van der Waals surface area contributed by atoms with E-state index in [4.69, 9.17) is 23.7 Å². The van der Waals surface area contributed by atoms with Gasteiger partial charge in [-0.05, 0) is 79.1 Å². The predicted molar refractivity (Wildman–Crippen MR) is 186 cm³/mol. The monoisotopic (exact) mass is 696 g/mol. The highest BCUT2D eigenvalue weighted by atomic mass is 16.7. The van der Waals surface area contributed by atoms with E-state index in [1.807, 2.05) is 31.2 Å². The molecule has 2 fully saturated rings. The highest BCUT2D eigenvalue weighted by Crippen LogP contribution is 2.36. The van der Waals surface area contributed by atoms with Crippen LogP contribution in [-0.2, 0) is 33.3 Å². The van der Waals surface area contributed by atoms with Gasteiger partial charge < -0.3 is 53.6 Å². The molecule has 1 aliphatic carbocycles. The first-order chi connectivity index (χ1) is 23.2. The quantitative estimate of drug-likeness (QED) is 0.241. The SMILES string of the molecule is COC1C(O)CC(=O)OC(C)CC=CC=CC(OC2CC(N(C)C)CC(C)O2)C(C)CC(CC=O)C1OC1CC(C)C(O)C(N(C)C)C1O. The van der Waals surface area contributed by atoms with Crippen molar-refractivity contribution in [3.05, 3.63) is 24.3 Å². The van der Waals surface area contributed by atoms with Gasteiger partial charge >= 0.3 is 5.97 Å². The number of methoxy groups -OCH3 is 1. The molecule has 0 radical (unpaired) electrons. The van der Waals surface area contributed by atoms with Crippen molar-refractivity contribution >= 4 is 12.3 Å². The second-order valence-corrected chi connectivity index (χ2v) is 15.0. The number of aliphatic hydroxyl groups excluding tert-OH is 3. The molecule has 1 saturated heterocycles. The van der Waals surface area contributed by atoms with Gasteiger partial charge in [0.15, 0.2) is 6.29 Å². The van der Waals surface area contributed by atoms with Gasteiger partial charge in [-0.2, -0.15) is 0 Å². The van der Waals surface area contributed by atoms with Crippen LogP contribution in [0.25, 0.3) is 0 Å². The van der Waals surface area contributed by atoms with Crippen molar-refractivity contribution in [2.24, 2.45) is 17.8 Å². The van der Waals surface area contributed by atoms with E-state index < -0.39 is 66.9 Å². The van der Waals surface area contributed by atoms with Crippen molar-refractivity contribution in [1.29, 1.82) is 0 Å². The lowest BCUT2D eigenvalue weighted by Crippen LogP contribution is -2.61. The first-order valence-electron chi connectivity index (χ1n) is 18.0. The number of carbonyl (C=O) groups is 2. The summed E-state index contributed by atoms with van der Waals surface area (Å²) in [6, 6.07) is -0.285. The van der Waals surface area contributed by atoms with Crippen LogP contribution in [0.5, 0.6) is 0 Å². The average molecular weight is 697 g/mol. The van der Waals surface area contributed by atoms with E-state index in [1.54, 1.807) is 25.9 Å². The Morgan fingerprint density at radius 1 is 0.878 bits per heavy atom. The number of allylic oxidation sites excluding steroid dienone is 2. The fourth-order valence-corrected chi connectivity index (χ4v) is 7.67. The zero-order valence-corrected chi connectivity index (χ0v) is 31.1. The molecule has 3 rings (SSSR count). The number of aliphatic hydroxyl groups is 3. The summed E-state index contributed by atoms with van der Waals surface area (Å²) in [5.41, 5.74) is 0. The maximum absolute atomic E-state index is 12.9. The van der Waals surface area contributed by atoms with Crippen LogP contribution in [-0.4, -0.2) is 146 Å². The molecule has 2 aliphatic heterocycles. The Bertz CT molecular complexity index is 1070. The summed E-state index contributed by atoms with van der Waals surface area (Å²) in [4.78, 5) is 29.2. The predicted octanol–water partition coefficient (Wildman–Crippen LogP) is 2.72. The minimum absolute atomic E-state index is 0.0269. The summed E-state index contributed by atoms with van der Waals surface area (Å²) in [6.45, 7) is 7.81. The molecule has 282 valence electrons. The van der Waals surface area contributed by atoms with Crippen molar-refractivity contribution in [3.63, 3.8) is 0 Å². The number of ether oxygens (including phenoxy) is 5. The standard InChI is InChI=1S/C37H64N2O10/c1-22-17-26(15-16-40)36(49-30-18-23(2)34(43)33(35(30)44)39(7)8)37(45-9)28(41)21-31(42)46-24(3)13-11-10-12-14-29(22)48-32-20-27(38(5)6)19-25(4)47-32/h10-12,14,16,22-30,32-37,41,43-44H,13,15,17-21H2,1-9H3. The van der Waals surface area contributed by atoms with Crippen molar-refractivity contribution in [2.75, 3.05) is 35.3 Å². The Morgan fingerprint density at radius 3 is 2.22 bits per heavy atom. The van der Waals surface area contributed by atoms with E-state index in [0.29, 0.717) is 31.7 Å². The number of aldehydes is 1. The molecule has 0 aromatic rings. The van der Waals surface area contributed by atoms with E-state index in [9.17, 15) is 24.9 Å². The molecule has 0 aromatic carbocycles. The number of nitrogens with zero attached hydrogens (tertiary/aromatic N) is 2. The maximum atomic E-state index is 12.9. The summed E-state index contributed by atoms with van der Waals surface area (Å²) >= 11 is 0. The van der Waals surface area contributed by atoms with Crippen LogP contribution in [0.15, 0.2) is 24.3 Å². The smallest absolute Gasteiger partial charge is 0.308 e. The summed E-state index contributed by atoms with van der Waals surface area (Å²) < 4.78 is 31.2. The lowest BCUT2D eigenvalue weighted by atomic mass is 9.78. The summed E-state index contributed by atoms with van der Waals surface area (Å²) in [7, 11) is 9.16. The molecule has 15 atom stereocenters. The third kappa shape index (κ3) is 11.9. The van der Waals surface area contributed by atoms with Gasteiger partial charge in [0.05, 0.1) is 55.2 Å². The molecular weight excluding hydrogens is 632 g/mol. The van der Waals surface area contributed by atoms with Crippen LogP contribution in [0.4, 0.5) is 0 Å². The zero-order valence-electron chi connectivity index (χ0n) is 31.1. The van der Waals surface area contributed by atoms with Gasteiger partial charge in [0.25, 0.3) is 0 Å². The number of esters is 1. The van der Waals surface area contributed by atoms with Crippen LogP contribution in [0.1, 0.15) is 72.6 Å². The van der Waals surface area contributed by atoms with Gasteiger partial charge in [0, 0.05) is 32.4 Å². The molecule has 0 amide bonds. The first-order valence-corrected chi connectivity index (χ1v) is 18.0. The van der Waals surface area contributed by atoms with E-state index in [1.165, 1.54) is 7.11 Å². The Hall–Kier alpha value is -1.74. The molecule has 0 spiro atoms. The molecule has 1 saturated carbocycles. The largest absolute Gasteiger partial charge is 0.462 e. The van der Waals surface area contributed by atoms with Gasteiger partial charge in [-0.25, -0.2) is 0 Å². The van der Waals surface area contributed by atoms with E-state index in [0.717, 1.165) is 12.7 Å². The molecule has 12 heteroatoms. The fourth-order valence-electron chi connectivity index (χ4n) is 7.67. The number of hydrogen-bond donors (Lipinski definition) is 3. The highest BCUT2D eigenvalue weighted by molar-refractivity contribution is 5.70. The van der Waals surface area contributed by atoms with Crippen molar-refractivity contribution in [1.82, 2.24) is 9.80 Å². The van der Waals surface area contributed by atoms with Crippen molar-refractivity contribution in [2.45, 2.75) is 146 Å². The second-order valence-electron chi connectivity index (χ2n) is 15.0. The Balaban J connectivity index is 2.02. The zero-order chi connectivity index (χ0) is 36.4. The third-order valence-electron chi connectivity index (χ3n) is 10.5. The van der Waals surface area contributed by atoms with Gasteiger partial charge in [0.1, 0.15) is 18.5 Å². The van der Waals surface area contributed by atoms with E-state index in [-0.39, 0.29) is 36.9 Å². The van der Waals surface area contributed by atoms with Crippen LogP contribution in [0.3, 0.4) is 0 Å². The molecule has 0 aromatic heterocycles. The molecule has 15 unspecified atom stereocenters. The maximum Gasteiger partial charge on any atom is 0.308 e. The number of rotatable bonds is 9. The number of hydrogen-bond acceptors (Lipinski definition) is 12. The lowest BCUT2D eigenvalue weighted by molar-refractivity contribution is -0.224. The molecule has 0 bridgehead atoms. The van der Waals surface area contributed by atoms with Gasteiger partial charge in [0.2, 0.25) is 0 Å². The van der Waals surface area contributed by atoms with Crippen molar-refractivity contribution < 1.29 is 48.6 Å². The number of carbonyl (C=O) groups excluding carboxylic acids is 2. The summed E-state index contributed by atoms with van der Waals surface area (Å²) in [5.74, 6) is -1.40. The van der Waals surface area contributed by atoms with Crippen molar-refractivity contribution in [3.8, 4) is 0 Å². The Morgan fingerprint density at radius 2 is 1.59 bits per heavy atom. The number of cyclic esters (lactones) is 1. The first kappa shape index (κ1) is 41.7. The van der Waals surface area contributed by atoms with Crippen LogP contribution < -0.4 is 0 Å². The molecule has 3 aliphatic rings. The van der Waals surface area contributed by atoms with Gasteiger partial charge in [-0.1, -0.05) is 38.2 Å². The second kappa shape index (κ2) is 19.8.